The van der Waals surface area contributed by atoms with Crippen LogP contribution in [-0.2, 0) is 9.47 Å². The van der Waals surface area contributed by atoms with Crippen molar-refractivity contribution in [3.63, 3.8) is 0 Å². The van der Waals surface area contributed by atoms with Crippen molar-refractivity contribution in [1.29, 1.82) is 0 Å². The van der Waals surface area contributed by atoms with Gasteiger partial charge in [0.1, 0.15) is 0 Å². The van der Waals surface area contributed by atoms with Gasteiger partial charge in [-0.25, -0.2) is 0 Å². The highest BCUT2D eigenvalue weighted by molar-refractivity contribution is 5.79. The maximum atomic E-state index is 5.91. The van der Waals surface area contributed by atoms with Gasteiger partial charge in [-0.05, 0) is 40.2 Å². The van der Waals surface area contributed by atoms with Gasteiger partial charge in [-0.1, -0.05) is 0 Å². The summed E-state index contributed by atoms with van der Waals surface area (Å²) < 4.78 is 11.0. The van der Waals surface area contributed by atoms with E-state index in [2.05, 4.69) is 41.0 Å². The second-order valence-electron chi connectivity index (χ2n) is 6.45. The first-order valence-corrected chi connectivity index (χ1v) is 8.84. The Bertz CT molecular complexity index is 329. The van der Waals surface area contributed by atoms with Crippen LogP contribution in [-0.4, -0.2) is 88.5 Å². The lowest BCUT2D eigenvalue weighted by Gasteiger charge is -2.34. The molecule has 0 bridgehead atoms. The number of guanidine groups is 1. The zero-order chi connectivity index (χ0) is 17.1. The van der Waals surface area contributed by atoms with E-state index in [1.165, 1.54) is 0 Å². The summed E-state index contributed by atoms with van der Waals surface area (Å²) in [6, 6.07) is 0.574. The molecule has 0 aromatic rings. The molecule has 136 valence electrons. The lowest BCUT2D eigenvalue weighted by Crippen LogP contribution is -2.48. The Balaban J connectivity index is 2.23. The third kappa shape index (κ3) is 7.99. The van der Waals surface area contributed by atoms with Crippen molar-refractivity contribution in [2.75, 3.05) is 60.6 Å². The first-order valence-electron chi connectivity index (χ1n) is 8.84. The van der Waals surface area contributed by atoms with E-state index in [4.69, 9.17) is 9.47 Å². The van der Waals surface area contributed by atoms with E-state index in [9.17, 15) is 0 Å². The molecule has 0 atom stereocenters. The topological polar surface area (TPSA) is 49.3 Å². The molecule has 1 aliphatic heterocycles. The normalized spacial score (nSPS) is 17.3. The van der Waals surface area contributed by atoms with Crippen molar-refractivity contribution in [2.45, 2.75) is 45.3 Å². The predicted molar refractivity (Wildman–Crippen MR) is 96.2 cm³/mol. The SMILES string of the molecule is CN=C(NCCN(C)C(C)C)N1CCC(OCCCOC)CC1. The highest BCUT2D eigenvalue weighted by Crippen LogP contribution is 2.14. The summed E-state index contributed by atoms with van der Waals surface area (Å²) in [5.74, 6) is 1.01. The molecule has 0 radical (unpaired) electrons. The first kappa shape index (κ1) is 20.2. The van der Waals surface area contributed by atoms with Crippen molar-refractivity contribution < 1.29 is 9.47 Å². The zero-order valence-corrected chi connectivity index (χ0v) is 15.7. The maximum Gasteiger partial charge on any atom is 0.193 e. The molecule has 1 aliphatic rings. The molecule has 0 aliphatic carbocycles. The second-order valence-corrected chi connectivity index (χ2v) is 6.45. The minimum absolute atomic E-state index is 0.383. The maximum absolute atomic E-state index is 5.91. The van der Waals surface area contributed by atoms with Crippen LogP contribution in [0.4, 0.5) is 0 Å². The summed E-state index contributed by atoms with van der Waals surface area (Å²) in [4.78, 5) is 9.09. The predicted octanol–water partition coefficient (Wildman–Crippen LogP) is 1.42. The zero-order valence-electron chi connectivity index (χ0n) is 15.7. The molecule has 1 N–H and O–H groups in total. The van der Waals surface area contributed by atoms with Gasteiger partial charge in [-0.2, -0.15) is 0 Å². The summed E-state index contributed by atoms with van der Waals surface area (Å²) in [6.45, 7) is 9.97. The van der Waals surface area contributed by atoms with E-state index >= 15 is 0 Å². The molecular formula is C17H36N4O2. The molecule has 0 amide bonds. The van der Waals surface area contributed by atoms with Crippen molar-refractivity contribution in [3.05, 3.63) is 0 Å². The molecular weight excluding hydrogens is 292 g/mol. The Hall–Kier alpha value is -0.850. The molecule has 0 saturated carbocycles. The number of piperidine rings is 1. The fourth-order valence-electron chi connectivity index (χ4n) is 2.62. The number of aliphatic imine (C=N–C) groups is 1. The fraction of sp³-hybridized carbons (Fsp3) is 0.941. The van der Waals surface area contributed by atoms with Crippen molar-refractivity contribution >= 4 is 5.96 Å². The van der Waals surface area contributed by atoms with Gasteiger partial charge >= 0.3 is 0 Å². The van der Waals surface area contributed by atoms with Crippen LogP contribution < -0.4 is 5.32 Å². The summed E-state index contributed by atoms with van der Waals surface area (Å²) in [5, 5.41) is 3.48. The number of nitrogens with zero attached hydrogens (tertiary/aromatic N) is 3. The Morgan fingerprint density at radius 3 is 2.57 bits per heavy atom. The van der Waals surface area contributed by atoms with Crippen molar-refractivity contribution in [3.8, 4) is 0 Å². The quantitative estimate of drug-likeness (QED) is 0.394. The largest absolute Gasteiger partial charge is 0.385 e. The monoisotopic (exact) mass is 328 g/mol. The van der Waals surface area contributed by atoms with Gasteiger partial charge < -0.3 is 24.6 Å². The van der Waals surface area contributed by atoms with Gasteiger partial charge in [-0.3, -0.25) is 4.99 Å². The Kier molecular flexibility index (Phi) is 10.2. The van der Waals surface area contributed by atoms with Crippen LogP contribution >= 0.6 is 0 Å². The van der Waals surface area contributed by atoms with E-state index < -0.39 is 0 Å². The van der Waals surface area contributed by atoms with E-state index in [1.807, 2.05) is 7.05 Å². The summed E-state index contributed by atoms with van der Waals surface area (Å²) in [5.41, 5.74) is 0. The number of hydrogen-bond acceptors (Lipinski definition) is 4. The molecule has 0 aromatic heterocycles. The molecule has 1 saturated heterocycles. The van der Waals surface area contributed by atoms with Crippen LogP contribution in [0.15, 0.2) is 4.99 Å². The molecule has 6 heteroatoms. The van der Waals surface area contributed by atoms with E-state index in [0.717, 1.165) is 64.6 Å². The fourth-order valence-corrected chi connectivity index (χ4v) is 2.62. The molecule has 1 rings (SSSR count). The van der Waals surface area contributed by atoms with Crippen LogP contribution in [0.25, 0.3) is 0 Å². The van der Waals surface area contributed by atoms with Gasteiger partial charge in [0.2, 0.25) is 0 Å². The number of likely N-dealkylation sites (N-methyl/N-ethyl adjacent to an activating group) is 1. The average molecular weight is 329 g/mol. The minimum Gasteiger partial charge on any atom is -0.385 e. The molecule has 23 heavy (non-hydrogen) atoms. The Morgan fingerprint density at radius 2 is 2.00 bits per heavy atom. The van der Waals surface area contributed by atoms with Crippen LogP contribution in [0, 0.1) is 0 Å². The van der Waals surface area contributed by atoms with Crippen molar-refractivity contribution in [2.24, 2.45) is 4.99 Å². The molecule has 1 heterocycles. The van der Waals surface area contributed by atoms with Crippen LogP contribution in [0.3, 0.4) is 0 Å². The lowest BCUT2D eigenvalue weighted by molar-refractivity contribution is 0.00990. The standard InChI is InChI=1S/C17H36N4O2/c1-15(2)20(4)12-9-19-17(18-3)21-10-7-16(8-11-21)23-14-6-13-22-5/h15-16H,6-14H2,1-5H3,(H,18,19). The van der Waals surface area contributed by atoms with Gasteiger partial charge in [0, 0.05) is 59.6 Å². The lowest BCUT2D eigenvalue weighted by atomic mass is 10.1. The van der Waals surface area contributed by atoms with Gasteiger partial charge in [0.25, 0.3) is 0 Å². The number of likely N-dealkylation sites (tertiary alicyclic amines) is 1. The highest BCUT2D eigenvalue weighted by atomic mass is 16.5. The van der Waals surface area contributed by atoms with E-state index in [1.54, 1.807) is 7.11 Å². The molecule has 6 nitrogen and oxygen atoms in total. The number of rotatable bonds is 9. The van der Waals surface area contributed by atoms with E-state index in [-0.39, 0.29) is 0 Å². The molecule has 0 spiro atoms. The summed E-state index contributed by atoms with van der Waals surface area (Å²) >= 11 is 0. The Morgan fingerprint density at radius 1 is 1.30 bits per heavy atom. The Labute approximate surface area is 142 Å². The molecule has 1 fully saturated rings. The average Bonchev–Trinajstić information content (AvgIpc) is 2.56. The molecule has 0 aromatic carbocycles. The number of methoxy groups -OCH3 is 1. The second kappa shape index (κ2) is 11.6. The number of ether oxygens (including phenoxy) is 2. The smallest absolute Gasteiger partial charge is 0.193 e. The van der Waals surface area contributed by atoms with E-state index in [0.29, 0.717) is 12.1 Å². The van der Waals surface area contributed by atoms with Crippen LogP contribution in [0.1, 0.15) is 33.1 Å². The van der Waals surface area contributed by atoms with Crippen LogP contribution in [0.2, 0.25) is 0 Å². The highest BCUT2D eigenvalue weighted by Gasteiger charge is 2.21. The van der Waals surface area contributed by atoms with Gasteiger partial charge in [0.15, 0.2) is 5.96 Å². The van der Waals surface area contributed by atoms with Gasteiger partial charge in [0.05, 0.1) is 6.10 Å². The van der Waals surface area contributed by atoms with Crippen LogP contribution in [0.5, 0.6) is 0 Å². The van der Waals surface area contributed by atoms with Crippen molar-refractivity contribution in [1.82, 2.24) is 15.1 Å². The minimum atomic E-state index is 0.383. The third-order valence-electron chi connectivity index (χ3n) is 4.43. The number of hydrogen-bond donors (Lipinski definition) is 1. The summed E-state index contributed by atoms with van der Waals surface area (Å²) in [7, 11) is 5.75. The number of nitrogens with one attached hydrogen (secondary N) is 1. The molecule has 0 unspecified atom stereocenters. The third-order valence-corrected chi connectivity index (χ3v) is 4.43. The first-order chi connectivity index (χ1) is 11.1. The summed E-state index contributed by atoms with van der Waals surface area (Å²) in [6.07, 6.45) is 3.50. The van der Waals surface area contributed by atoms with Gasteiger partial charge in [-0.15, -0.1) is 0 Å².